The number of hydrogen-bond acceptors (Lipinski definition) is 3. The van der Waals surface area contributed by atoms with E-state index in [2.05, 4.69) is 5.32 Å². The van der Waals surface area contributed by atoms with Crippen LogP contribution >= 0.6 is 0 Å². The minimum absolute atomic E-state index is 0.0223. The zero-order valence-corrected chi connectivity index (χ0v) is 11.1. The van der Waals surface area contributed by atoms with Gasteiger partial charge in [-0.3, -0.25) is 4.79 Å². The number of methoxy groups -OCH3 is 1. The number of anilines is 1. The second-order valence-electron chi connectivity index (χ2n) is 4.13. The van der Waals surface area contributed by atoms with E-state index in [1.165, 1.54) is 6.92 Å². The predicted octanol–water partition coefficient (Wildman–Crippen LogP) is 2.57. The summed E-state index contributed by atoms with van der Waals surface area (Å²) in [4.78, 5) is 22.4. The fraction of sp³-hybridized carbons (Fsp3) is 0.429. The Balaban J connectivity index is 2.67. The van der Waals surface area contributed by atoms with Crippen molar-refractivity contribution in [3.63, 3.8) is 0 Å². The van der Waals surface area contributed by atoms with E-state index in [1.807, 2.05) is 19.1 Å². The standard InChI is InChI=1S/C14H19NO3/c1-4-11-9-12(6-7-13(11)18-3)15-14(17)8-5-10(2)16/h6-7,9H,4-5,8H2,1-3H3,(H,15,17). The van der Waals surface area contributed by atoms with Crippen molar-refractivity contribution in [2.24, 2.45) is 0 Å². The van der Waals surface area contributed by atoms with Crippen LogP contribution in [-0.4, -0.2) is 18.8 Å². The molecular formula is C14H19NO3. The summed E-state index contributed by atoms with van der Waals surface area (Å²) in [5, 5.41) is 2.78. The van der Waals surface area contributed by atoms with Crippen molar-refractivity contribution in [3.05, 3.63) is 23.8 Å². The Morgan fingerprint density at radius 1 is 1.28 bits per heavy atom. The Labute approximate surface area is 107 Å². The largest absolute Gasteiger partial charge is 0.496 e. The molecule has 4 nitrogen and oxygen atoms in total. The Morgan fingerprint density at radius 2 is 2.00 bits per heavy atom. The van der Waals surface area contributed by atoms with E-state index >= 15 is 0 Å². The molecule has 0 unspecified atom stereocenters. The molecule has 0 aliphatic carbocycles. The monoisotopic (exact) mass is 249 g/mol. The fourth-order valence-electron chi connectivity index (χ4n) is 1.65. The van der Waals surface area contributed by atoms with Crippen LogP contribution in [0.15, 0.2) is 18.2 Å². The normalized spacial score (nSPS) is 9.94. The molecule has 1 N–H and O–H groups in total. The second kappa shape index (κ2) is 6.79. The molecule has 18 heavy (non-hydrogen) atoms. The number of hydrogen-bond donors (Lipinski definition) is 1. The first-order valence-corrected chi connectivity index (χ1v) is 6.03. The van der Waals surface area contributed by atoms with Crippen LogP contribution < -0.4 is 10.1 Å². The number of carbonyl (C=O) groups is 2. The zero-order chi connectivity index (χ0) is 13.5. The molecule has 1 amide bonds. The number of benzene rings is 1. The minimum Gasteiger partial charge on any atom is -0.496 e. The average Bonchev–Trinajstić information content (AvgIpc) is 2.36. The number of ether oxygens (including phenoxy) is 1. The summed E-state index contributed by atoms with van der Waals surface area (Å²) in [6.45, 7) is 3.51. The fourth-order valence-corrected chi connectivity index (χ4v) is 1.65. The maximum absolute atomic E-state index is 11.6. The number of rotatable bonds is 6. The molecule has 1 aromatic rings. The first-order valence-electron chi connectivity index (χ1n) is 6.03. The van der Waals surface area contributed by atoms with Gasteiger partial charge in [-0.1, -0.05) is 6.92 Å². The minimum atomic E-state index is -0.141. The zero-order valence-electron chi connectivity index (χ0n) is 11.1. The second-order valence-corrected chi connectivity index (χ2v) is 4.13. The third-order valence-electron chi connectivity index (χ3n) is 2.65. The Hall–Kier alpha value is -1.84. The third kappa shape index (κ3) is 4.20. The number of Topliss-reactive ketones (excluding diaryl/α,β-unsaturated/α-hetero) is 1. The lowest BCUT2D eigenvalue weighted by Crippen LogP contribution is -2.12. The number of nitrogens with one attached hydrogen (secondary N) is 1. The Bertz CT molecular complexity index is 441. The lowest BCUT2D eigenvalue weighted by atomic mass is 10.1. The van der Waals surface area contributed by atoms with Crippen molar-refractivity contribution in [2.45, 2.75) is 33.1 Å². The summed E-state index contributed by atoms with van der Waals surface area (Å²) >= 11 is 0. The highest BCUT2D eigenvalue weighted by Crippen LogP contribution is 2.23. The van der Waals surface area contributed by atoms with Gasteiger partial charge in [-0.05, 0) is 37.1 Å². The summed E-state index contributed by atoms with van der Waals surface area (Å²) < 4.78 is 5.22. The lowest BCUT2D eigenvalue weighted by Gasteiger charge is -2.10. The van der Waals surface area contributed by atoms with Crippen LogP contribution in [0.3, 0.4) is 0 Å². The van der Waals surface area contributed by atoms with E-state index in [0.29, 0.717) is 0 Å². The summed E-state index contributed by atoms with van der Waals surface area (Å²) in [5.41, 5.74) is 1.78. The van der Waals surface area contributed by atoms with E-state index in [4.69, 9.17) is 4.74 Å². The summed E-state index contributed by atoms with van der Waals surface area (Å²) in [6, 6.07) is 5.52. The van der Waals surface area contributed by atoms with Gasteiger partial charge in [-0.25, -0.2) is 0 Å². The molecule has 0 aliphatic rings. The molecule has 0 spiro atoms. The number of ketones is 1. The molecule has 0 radical (unpaired) electrons. The van der Waals surface area contributed by atoms with Gasteiger partial charge < -0.3 is 14.8 Å². The topological polar surface area (TPSA) is 55.4 Å². The van der Waals surface area contributed by atoms with Crippen LogP contribution in [0.1, 0.15) is 32.3 Å². The van der Waals surface area contributed by atoms with Crippen molar-refractivity contribution in [2.75, 3.05) is 12.4 Å². The van der Waals surface area contributed by atoms with Crippen molar-refractivity contribution in [3.8, 4) is 5.75 Å². The van der Waals surface area contributed by atoms with E-state index in [0.717, 1.165) is 23.4 Å². The van der Waals surface area contributed by atoms with Gasteiger partial charge >= 0.3 is 0 Å². The third-order valence-corrected chi connectivity index (χ3v) is 2.65. The van der Waals surface area contributed by atoms with E-state index in [1.54, 1.807) is 13.2 Å². The molecule has 98 valence electrons. The van der Waals surface area contributed by atoms with E-state index in [-0.39, 0.29) is 24.5 Å². The SMILES string of the molecule is CCc1cc(NC(=O)CCC(C)=O)ccc1OC. The molecule has 0 bridgehead atoms. The summed E-state index contributed by atoms with van der Waals surface area (Å²) in [6.07, 6.45) is 1.34. The molecular weight excluding hydrogens is 230 g/mol. The van der Waals surface area contributed by atoms with Crippen molar-refractivity contribution in [1.29, 1.82) is 0 Å². The van der Waals surface area contributed by atoms with Gasteiger partial charge in [0.2, 0.25) is 5.91 Å². The van der Waals surface area contributed by atoms with Gasteiger partial charge in [-0.15, -0.1) is 0 Å². The first kappa shape index (κ1) is 14.2. The van der Waals surface area contributed by atoms with Crippen LogP contribution in [0.2, 0.25) is 0 Å². The molecule has 1 rings (SSSR count). The number of carbonyl (C=O) groups excluding carboxylic acids is 2. The molecule has 0 aromatic heterocycles. The maximum Gasteiger partial charge on any atom is 0.224 e. The summed E-state index contributed by atoms with van der Waals surface area (Å²) in [7, 11) is 1.62. The molecule has 0 heterocycles. The van der Waals surface area contributed by atoms with Crippen LogP contribution in [-0.2, 0) is 16.0 Å². The smallest absolute Gasteiger partial charge is 0.224 e. The van der Waals surface area contributed by atoms with Gasteiger partial charge in [0.1, 0.15) is 11.5 Å². The number of amides is 1. The molecule has 1 aromatic carbocycles. The summed E-state index contributed by atoms with van der Waals surface area (Å²) in [5.74, 6) is 0.700. The van der Waals surface area contributed by atoms with E-state index < -0.39 is 0 Å². The van der Waals surface area contributed by atoms with Crippen molar-refractivity contribution in [1.82, 2.24) is 0 Å². The highest BCUT2D eigenvalue weighted by Gasteiger charge is 2.07. The molecule has 0 saturated carbocycles. The highest BCUT2D eigenvalue weighted by atomic mass is 16.5. The number of aryl methyl sites for hydroxylation is 1. The lowest BCUT2D eigenvalue weighted by molar-refractivity contribution is -0.121. The van der Waals surface area contributed by atoms with Gasteiger partial charge in [0.05, 0.1) is 7.11 Å². The van der Waals surface area contributed by atoms with Crippen LogP contribution in [0.4, 0.5) is 5.69 Å². The predicted molar refractivity (Wildman–Crippen MR) is 70.9 cm³/mol. The molecule has 0 atom stereocenters. The maximum atomic E-state index is 11.6. The van der Waals surface area contributed by atoms with Gasteiger partial charge in [0, 0.05) is 18.5 Å². The van der Waals surface area contributed by atoms with Crippen molar-refractivity contribution < 1.29 is 14.3 Å². The van der Waals surface area contributed by atoms with Gasteiger partial charge in [-0.2, -0.15) is 0 Å². The van der Waals surface area contributed by atoms with Gasteiger partial charge in [0.15, 0.2) is 0 Å². The Kier molecular flexibility index (Phi) is 5.36. The van der Waals surface area contributed by atoms with Crippen molar-refractivity contribution >= 4 is 17.4 Å². The molecule has 4 heteroatoms. The quantitative estimate of drug-likeness (QED) is 0.843. The molecule has 0 fully saturated rings. The average molecular weight is 249 g/mol. The molecule has 0 saturated heterocycles. The first-order chi connectivity index (χ1) is 8.56. The van der Waals surface area contributed by atoms with Gasteiger partial charge in [0.25, 0.3) is 0 Å². The van der Waals surface area contributed by atoms with Crippen LogP contribution in [0, 0.1) is 0 Å². The highest BCUT2D eigenvalue weighted by molar-refractivity contribution is 5.93. The molecule has 0 aliphatic heterocycles. The van der Waals surface area contributed by atoms with E-state index in [9.17, 15) is 9.59 Å². The Morgan fingerprint density at radius 3 is 2.56 bits per heavy atom. The van der Waals surface area contributed by atoms with Crippen LogP contribution in [0.5, 0.6) is 5.75 Å². The van der Waals surface area contributed by atoms with Crippen LogP contribution in [0.25, 0.3) is 0 Å².